The zero-order chi connectivity index (χ0) is 14.0. The van der Waals surface area contributed by atoms with E-state index < -0.39 is 0 Å². The number of nitrogens with one attached hydrogen (secondary N) is 1. The quantitative estimate of drug-likeness (QED) is 0.844. The average molecular weight is 338 g/mol. The van der Waals surface area contributed by atoms with Crippen LogP contribution in [0.25, 0.3) is 0 Å². The fourth-order valence-corrected chi connectivity index (χ4v) is 2.97. The van der Waals surface area contributed by atoms with Crippen LogP contribution in [0.5, 0.6) is 0 Å². The molecule has 0 saturated carbocycles. The van der Waals surface area contributed by atoms with E-state index in [1.807, 2.05) is 38.1 Å². The molecule has 1 heterocycles. The second kappa shape index (κ2) is 5.88. The molecule has 2 rings (SSSR count). The summed E-state index contributed by atoms with van der Waals surface area (Å²) in [5.74, 6) is -0.0363. The Bertz CT molecular complexity index is 595. The molecule has 1 N–H and O–H groups in total. The first kappa shape index (κ1) is 14.3. The highest BCUT2D eigenvalue weighted by molar-refractivity contribution is 9.10. The van der Waals surface area contributed by atoms with Crippen molar-refractivity contribution in [3.63, 3.8) is 0 Å². The van der Waals surface area contributed by atoms with Gasteiger partial charge < -0.3 is 5.32 Å². The number of hydrogen-bond donors (Lipinski definition) is 1. The van der Waals surface area contributed by atoms with Crippen LogP contribution in [-0.4, -0.2) is 5.91 Å². The summed E-state index contributed by atoms with van der Waals surface area (Å²) in [5.41, 5.74) is 3.08. The Kier molecular flexibility index (Phi) is 4.42. The molecule has 100 valence electrons. The second-order valence-corrected chi connectivity index (χ2v) is 6.46. The van der Waals surface area contributed by atoms with Gasteiger partial charge in [-0.05, 0) is 55.7 Å². The molecule has 19 heavy (non-hydrogen) atoms. The van der Waals surface area contributed by atoms with Crippen molar-refractivity contribution in [1.82, 2.24) is 0 Å². The molecule has 0 bridgehead atoms. The molecule has 0 spiro atoms. The topological polar surface area (TPSA) is 29.1 Å². The minimum Gasteiger partial charge on any atom is -0.321 e. The van der Waals surface area contributed by atoms with Crippen molar-refractivity contribution in [2.45, 2.75) is 27.2 Å². The van der Waals surface area contributed by atoms with Gasteiger partial charge in [0, 0.05) is 15.0 Å². The summed E-state index contributed by atoms with van der Waals surface area (Å²) in [5, 5.41) is 2.96. The first-order valence-corrected chi connectivity index (χ1v) is 7.79. The van der Waals surface area contributed by atoms with Crippen LogP contribution >= 0.6 is 27.3 Å². The molecule has 2 nitrogen and oxygen atoms in total. The summed E-state index contributed by atoms with van der Waals surface area (Å²) in [6, 6.07) is 7.85. The molecule has 4 heteroatoms. The van der Waals surface area contributed by atoms with Crippen LogP contribution in [-0.2, 0) is 6.42 Å². The van der Waals surface area contributed by atoms with Crippen molar-refractivity contribution < 1.29 is 4.79 Å². The normalized spacial score (nSPS) is 10.5. The highest BCUT2D eigenvalue weighted by Gasteiger charge is 2.10. The molecule has 1 amide bonds. The summed E-state index contributed by atoms with van der Waals surface area (Å²) < 4.78 is 1.09. The molecule has 0 saturated heterocycles. The lowest BCUT2D eigenvalue weighted by Gasteiger charge is -2.08. The Labute approximate surface area is 126 Å². The van der Waals surface area contributed by atoms with E-state index in [1.54, 1.807) is 11.3 Å². The van der Waals surface area contributed by atoms with Crippen LogP contribution in [0, 0.1) is 13.8 Å². The van der Waals surface area contributed by atoms with Crippen molar-refractivity contribution in [2.75, 3.05) is 5.32 Å². The van der Waals surface area contributed by atoms with E-state index in [2.05, 4.69) is 28.2 Å². The lowest BCUT2D eigenvalue weighted by molar-refractivity contribution is 0.103. The third-order valence-electron chi connectivity index (χ3n) is 2.93. The fraction of sp³-hybridized carbons (Fsp3) is 0.267. The van der Waals surface area contributed by atoms with Crippen molar-refractivity contribution in [2.24, 2.45) is 0 Å². The predicted molar refractivity (Wildman–Crippen MR) is 85.3 cm³/mol. The number of anilines is 1. The largest absolute Gasteiger partial charge is 0.321 e. The summed E-state index contributed by atoms with van der Waals surface area (Å²) in [4.78, 5) is 14.1. The van der Waals surface area contributed by atoms with Gasteiger partial charge in [0.2, 0.25) is 0 Å². The summed E-state index contributed by atoms with van der Waals surface area (Å²) in [7, 11) is 0. The maximum atomic E-state index is 12.1. The van der Waals surface area contributed by atoms with Gasteiger partial charge in [0.25, 0.3) is 5.91 Å². The number of rotatable bonds is 3. The van der Waals surface area contributed by atoms with Gasteiger partial charge in [0.1, 0.15) is 0 Å². The molecule has 0 aliphatic rings. The number of thiophene rings is 1. The zero-order valence-corrected chi connectivity index (χ0v) is 13.6. The Morgan fingerprint density at radius 2 is 1.89 bits per heavy atom. The Hall–Kier alpha value is -1.13. The summed E-state index contributed by atoms with van der Waals surface area (Å²) in [6.07, 6.45) is 0.967. The predicted octanol–water partition coefficient (Wildman–Crippen LogP) is 4.94. The van der Waals surface area contributed by atoms with Crippen molar-refractivity contribution in [3.05, 3.63) is 49.6 Å². The average Bonchev–Trinajstić information content (AvgIpc) is 2.84. The van der Waals surface area contributed by atoms with Crippen molar-refractivity contribution in [3.8, 4) is 0 Å². The minimum atomic E-state index is -0.0363. The molecule has 2 aromatic rings. The number of carbonyl (C=O) groups excluding carboxylic acids is 1. The Balaban J connectivity index is 2.19. The molecular formula is C15H16BrNOS. The van der Waals surface area contributed by atoms with E-state index in [0.29, 0.717) is 0 Å². The van der Waals surface area contributed by atoms with Crippen LogP contribution in [0.3, 0.4) is 0 Å². The Morgan fingerprint density at radius 3 is 2.42 bits per heavy atom. The minimum absolute atomic E-state index is 0.0363. The van der Waals surface area contributed by atoms with Crippen LogP contribution in [0.4, 0.5) is 5.69 Å². The van der Waals surface area contributed by atoms with E-state index >= 15 is 0 Å². The second-order valence-electron chi connectivity index (χ2n) is 4.50. The van der Waals surface area contributed by atoms with Gasteiger partial charge in [-0.2, -0.15) is 0 Å². The summed E-state index contributed by atoms with van der Waals surface area (Å²) in [6.45, 7) is 6.13. The molecule has 0 aliphatic heterocycles. The van der Waals surface area contributed by atoms with E-state index in [1.165, 1.54) is 4.88 Å². The van der Waals surface area contributed by atoms with Gasteiger partial charge in [-0.1, -0.05) is 22.9 Å². The number of aryl methyl sites for hydroxylation is 3. The number of hydrogen-bond acceptors (Lipinski definition) is 2. The molecular weight excluding hydrogens is 322 g/mol. The first-order chi connectivity index (χ1) is 9.01. The highest BCUT2D eigenvalue weighted by atomic mass is 79.9. The molecule has 0 radical (unpaired) electrons. The Morgan fingerprint density at radius 1 is 1.26 bits per heavy atom. The van der Waals surface area contributed by atoms with Gasteiger partial charge >= 0.3 is 0 Å². The van der Waals surface area contributed by atoms with Crippen LogP contribution in [0.1, 0.15) is 32.6 Å². The molecule has 0 fully saturated rings. The standard InChI is InChI=1S/C15H16BrNOS/c1-4-12-5-6-13(19-12)15(18)17-11-7-9(2)14(16)10(3)8-11/h5-8H,4H2,1-3H3,(H,17,18). The lowest BCUT2D eigenvalue weighted by Crippen LogP contribution is -2.10. The highest BCUT2D eigenvalue weighted by Crippen LogP contribution is 2.26. The van der Waals surface area contributed by atoms with E-state index in [4.69, 9.17) is 0 Å². The maximum Gasteiger partial charge on any atom is 0.265 e. The number of amides is 1. The molecule has 0 aliphatic carbocycles. The monoisotopic (exact) mass is 337 g/mol. The van der Waals surface area contributed by atoms with Crippen molar-refractivity contribution in [1.29, 1.82) is 0 Å². The number of carbonyl (C=O) groups is 1. The van der Waals surface area contributed by atoms with Gasteiger partial charge in [-0.25, -0.2) is 0 Å². The van der Waals surface area contributed by atoms with Crippen LogP contribution < -0.4 is 5.32 Å². The van der Waals surface area contributed by atoms with E-state index in [-0.39, 0.29) is 5.91 Å². The fourth-order valence-electron chi connectivity index (χ4n) is 1.90. The first-order valence-electron chi connectivity index (χ1n) is 6.18. The third-order valence-corrected chi connectivity index (χ3v) is 5.41. The maximum absolute atomic E-state index is 12.1. The lowest BCUT2D eigenvalue weighted by atomic mass is 10.1. The molecule has 0 unspecified atom stereocenters. The number of halogens is 1. The molecule has 1 aromatic heterocycles. The van der Waals surface area contributed by atoms with Crippen molar-refractivity contribution >= 4 is 38.9 Å². The molecule has 1 aromatic carbocycles. The van der Waals surface area contributed by atoms with E-state index in [0.717, 1.165) is 32.6 Å². The third kappa shape index (κ3) is 3.25. The number of benzene rings is 1. The van der Waals surface area contributed by atoms with Crippen LogP contribution in [0.15, 0.2) is 28.7 Å². The SMILES string of the molecule is CCc1ccc(C(=O)Nc2cc(C)c(Br)c(C)c2)s1. The van der Waals surface area contributed by atoms with Gasteiger partial charge in [0.15, 0.2) is 0 Å². The smallest absolute Gasteiger partial charge is 0.265 e. The van der Waals surface area contributed by atoms with Crippen LogP contribution in [0.2, 0.25) is 0 Å². The van der Waals surface area contributed by atoms with Gasteiger partial charge in [-0.3, -0.25) is 4.79 Å². The van der Waals surface area contributed by atoms with E-state index in [9.17, 15) is 4.79 Å². The molecule has 0 atom stereocenters. The summed E-state index contributed by atoms with van der Waals surface area (Å²) >= 11 is 5.08. The zero-order valence-electron chi connectivity index (χ0n) is 11.2. The van der Waals surface area contributed by atoms with Gasteiger partial charge in [0.05, 0.1) is 4.88 Å². The van der Waals surface area contributed by atoms with Gasteiger partial charge in [-0.15, -0.1) is 11.3 Å².